The Morgan fingerprint density at radius 3 is 2.15 bits per heavy atom. The van der Waals surface area contributed by atoms with E-state index in [1.54, 1.807) is 33.1 Å². The number of rotatable bonds is 9. The molecule has 0 radical (unpaired) electrons. The summed E-state index contributed by atoms with van der Waals surface area (Å²) < 4.78 is 16.7. The molecule has 0 aliphatic rings. The zero-order chi connectivity index (χ0) is 19.1. The molecule has 4 nitrogen and oxygen atoms in total. The molecule has 2 rings (SSSR count). The van der Waals surface area contributed by atoms with E-state index in [1.807, 2.05) is 18.2 Å². The van der Waals surface area contributed by atoms with Gasteiger partial charge in [-0.25, -0.2) is 0 Å². The second-order valence-corrected chi connectivity index (χ2v) is 7.94. The number of ether oxygens (including phenoxy) is 3. The van der Waals surface area contributed by atoms with E-state index < -0.39 is 0 Å². The lowest BCUT2D eigenvalue weighted by Gasteiger charge is -2.21. The van der Waals surface area contributed by atoms with Crippen LogP contribution < -0.4 is 19.5 Å². The summed E-state index contributed by atoms with van der Waals surface area (Å²) >= 11 is 1.77. The first-order valence-electron chi connectivity index (χ1n) is 8.78. The zero-order valence-electron chi connectivity index (χ0n) is 16.5. The molecule has 2 aromatic carbocycles. The van der Waals surface area contributed by atoms with Crippen LogP contribution >= 0.6 is 11.8 Å². The summed E-state index contributed by atoms with van der Waals surface area (Å²) in [4.78, 5) is 1.10. The maximum Gasteiger partial charge on any atom is 0.133 e. The molecule has 26 heavy (non-hydrogen) atoms. The van der Waals surface area contributed by atoms with Crippen molar-refractivity contribution in [3.05, 3.63) is 47.5 Å². The van der Waals surface area contributed by atoms with Crippen LogP contribution in [0.1, 0.15) is 37.9 Å². The lowest BCUT2D eigenvalue weighted by molar-refractivity contribution is 0.383. The number of hydrogen-bond donors (Lipinski definition) is 1. The van der Waals surface area contributed by atoms with Crippen molar-refractivity contribution in [3.63, 3.8) is 0 Å². The smallest absolute Gasteiger partial charge is 0.133 e. The van der Waals surface area contributed by atoms with Crippen LogP contribution in [0.3, 0.4) is 0 Å². The number of nitrogens with one attached hydrogen (secondary N) is 1. The van der Waals surface area contributed by atoms with Crippen LogP contribution in [0.25, 0.3) is 0 Å². The minimum absolute atomic E-state index is 0.0989. The molecule has 1 unspecified atom stereocenters. The number of methoxy groups -OCH3 is 3. The highest BCUT2D eigenvalue weighted by Gasteiger charge is 2.17. The number of thioether (sulfide) groups is 1. The van der Waals surface area contributed by atoms with E-state index in [4.69, 9.17) is 14.2 Å². The Balaban J connectivity index is 2.22. The van der Waals surface area contributed by atoms with Crippen LogP contribution in [0.15, 0.2) is 41.3 Å². The molecule has 5 heteroatoms. The molecule has 0 saturated heterocycles. The SMILES string of the molecule is COc1ccccc1CNC(C)c1cc(OC)c(SC(C)C)cc1OC. The topological polar surface area (TPSA) is 39.7 Å². The third kappa shape index (κ3) is 5.08. The van der Waals surface area contributed by atoms with Crippen LogP contribution in [0.2, 0.25) is 0 Å². The summed E-state index contributed by atoms with van der Waals surface area (Å²) in [6, 6.07) is 12.3. The molecule has 0 heterocycles. The van der Waals surface area contributed by atoms with Crippen molar-refractivity contribution in [1.82, 2.24) is 5.32 Å². The fourth-order valence-electron chi connectivity index (χ4n) is 2.80. The Morgan fingerprint density at radius 2 is 1.54 bits per heavy atom. The van der Waals surface area contributed by atoms with Gasteiger partial charge in [-0.3, -0.25) is 0 Å². The highest BCUT2D eigenvalue weighted by atomic mass is 32.2. The van der Waals surface area contributed by atoms with E-state index in [-0.39, 0.29) is 6.04 Å². The standard InChI is InChI=1S/C21H29NO3S/c1-14(2)26-21-12-19(24-5)17(11-20(21)25-6)15(3)22-13-16-9-7-8-10-18(16)23-4/h7-12,14-15,22H,13H2,1-6H3. The van der Waals surface area contributed by atoms with Crippen LogP contribution in [0, 0.1) is 0 Å². The highest BCUT2D eigenvalue weighted by molar-refractivity contribution is 8.00. The molecular formula is C21H29NO3S. The van der Waals surface area contributed by atoms with Crippen molar-refractivity contribution in [2.45, 2.75) is 43.5 Å². The first-order chi connectivity index (χ1) is 12.5. The maximum absolute atomic E-state index is 5.65. The Labute approximate surface area is 161 Å². The molecule has 0 spiro atoms. The molecule has 0 aliphatic heterocycles. The average Bonchev–Trinajstić information content (AvgIpc) is 2.65. The molecule has 0 bridgehead atoms. The average molecular weight is 376 g/mol. The van der Waals surface area contributed by atoms with Gasteiger partial charge in [0.1, 0.15) is 17.2 Å². The van der Waals surface area contributed by atoms with Gasteiger partial charge in [-0.2, -0.15) is 0 Å². The number of benzene rings is 2. The van der Waals surface area contributed by atoms with Crippen molar-refractivity contribution in [2.75, 3.05) is 21.3 Å². The lowest BCUT2D eigenvalue weighted by Crippen LogP contribution is -2.19. The molecule has 142 valence electrons. The quantitative estimate of drug-likeness (QED) is 0.620. The van der Waals surface area contributed by atoms with Gasteiger partial charge in [0.2, 0.25) is 0 Å². The Morgan fingerprint density at radius 1 is 0.885 bits per heavy atom. The monoisotopic (exact) mass is 375 g/mol. The number of hydrogen-bond acceptors (Lipinski definition) is 5. The van der Waals surface area contributed by atoms with Gasteiger partial charge in [-0.1, -0.05) is 32.0 Å². The molecule has 1 atom stereocenters. The van der Waals surface area contributed by atoms with Crippen molar-refractivity contribution < 1.29 is 14.2 Å². The van der Waals surface area contributed by atoms with E-state index in [2.05, 4.69) is 44.3 Å². The van der Waals surface area contributed by atoms with E-state index >= 15 is 0 Å². The Kier molecular flexibility index (Phi) is 7.66. The third-order valence-electron chi connectivity index (χ3n) is 4.14. The minimum Gasteiger partial charge on any atom is -0.496 e. The van der Waals surface area contributed by atoms with Gasteiger partial charge in [0.05, 0.1) is 26.2 Å². The summed E-state index contributed by atoms with van der Waals surface area (Å²) in [5, 5.41) is 4.03. The predicted molar refractivity (Wildman–Crippen MR) is 109 cm³/mol. The largest absolute Gasteiger partial charge is 0.496 e. The summed E-state index contributed by atoms with van der Waals surface area (Å²) in [6.07, 6.45) is 0. The molecule has 0 amide bonds. The van der Waals surface area contributed by atoms with Crippen molar-refractivity contribution in [1.29, 1.82) is 0 Å². The molecule has 0 saturated carbocycles. The van der Waals surface area contributed by atoms with Crippen LogP contribution in [-0.2, 0) is 6.54 Å². The molecule has 1 N–H and O–H groups in total. The van der Waals surface area contributed by atoms with Gasteiger partial charge in [0.25, 0.3) is 0 Å². The summed E-state index contributed by atoms with van der Waals surface area (Å²) in [5.74, 6) is 2.64. The first-order valence-corrected chi connectivity index (χ1v) is 9.66. The van der Waals surface area contributed by atoms with Crippen molar-refractivity contribution in [3.8, 4) is 17.2 Å². The highest BCUT2D eigenvalue weighted by Crippen LogP contribution is 2.39. The zero-order valence-corrected chi connectivity index (χ0v) is 17.3. The van der Waals surface area contributed by atoms with Crippen molar-refractivity contribution in [2.24, 2.45) is 0 Å². The van der Waals surface area contributed by atoms with Gasteiger partial charge in [-0.15, -0.1) is 11.8 Å². The van der Waals surface area contributed by atoms with Gasteiger partial charge in [-0.05, 0) is 25.1 Å². The van der Waals surface area contributed by atoms with E-state index in [0.717, 1.165) is 33.3 Å². The molecule has 0 aliphatic carbocycles. The van der Waals surface area contributed by atoms with E-state index in [1.165, 1.54) is 0 Å². The van der Waals surface area contributed by atoms with Crippen LogP contribution in [0.4, 0.5) is 0 Å². The predicted octanol–water partition coefficient (Wildman–Crippen LogP) is 5.06. The molecule has 0 fully saturated rings. The van der Waals surface area contributed by atoms with Gasteiger partial charge >= 0.3 is 0 Å². The third-order valence-corrected chi connectivity index (χ3v) is 5.18. The minimum atomic E-state index is 0.0989. The van der Waals surface area contributed by atoms with E-state index in [0.29, 0.717) is 11.8 Å². The second kappa shape index (κ2) is 9.74. The van der Waals surface area contributed by atoms with Crippen molar-refractivity contribution >= 4 is 11.8 Å². The van der Waals surface area contributed by atoms with Gasteiger partial charge < -0.3 is 19.5 Å². The number of para-hydroxylation sites is 1. The summed E-state index contributed by atoms with van der Waals surface area (Å²) in [5.41, 5.74) is 2.20. The van der Waals surface area contributed by atoms with Crippen LogP contribution in [0.5, 0.6) is 17.2 Å². The lowest BCUT2D eigenvalue weighted by atomic mass is 10.1. The summed E-state index contributed by atoms with van der Waals surface area (Å²) in [7, 11) is 5.12. The first kappa shape index (κ1) is 20.5. The second-order valence-electron chi connectivity index (χ2n) is 6.33. The Bertz CT molecular complexity index is 718. The summed E-state index contributed by atoms with van der Waals surface area (Å²) in [6.45, 7) is 7.17. The fraction of sp³-hybridized carbons (Fsp3) is 0.429. The normalized spacial score (nSPS) is 12.1. The molecule has 0 aromatic heterocycles. The maximum atomic E-state index is 5.65. The molecular weight excluding hydrogens is 346 g/mol. The Hall–Kier alpha value is -1.85. The van der Waals surface area contributed by atoms with Crippen LogP contribution in [-0.4, -0.2) is 26.6 Å². The fourth-order valence-corrected chi connectivity index (χ4v) is 3.74. The van der Waals surface area contributed by atoms with Gasteiger partial charge in [0, 0.05) is 29.0 Å². The van der Waals surface area contributed by atoms with Gasteiger partial charge in [0.15, 0.2) is 0 Å². The van der Waals surface area contributed by atoms with E-state index in [9.17, 15) is 0 Å². The molecule has 2 aromatic rings.